The number of hydrogen-bond donors (Lipinski definition) is 2. The molecule has 5 heteroatoms. The third kappa shape index (κ3) is 3.77. The highest BCUT2D eigenvalue weighted by Crippen LogP contribution is 2.11. The third-order valence-electron chi connectivity index (χ3n) is 1.08. The van der Waals surface area contributed by atoms with Crippen molar-refractivity contribution >= 4 is 46.8 Å². The number of carbonyl (C=O) groups is 1. The van der Waals surface area contributed by atoms with E-state index in [1.807, 2.05) is 6.07 Å². The van der Waals surface area contributed by atoms with Gasteiger partial charge in [0.05, 0.1) is 0 Å². The molecule has 0 aliphatic rings. The molecule has 1 aromatic carbocycles. The first-order chi connectivity index (χ1) is 5.18. The first-order valence-electron chi connectivity index (χ1n) is 2.94. The molecule has 0 saturated heterocycles. The van der Waals surface area contributed by atoms with Crippen molar-refractivity contribution in [1.29, 1.82) is 0 Å². The van der Waals surface area contributed by atoms with Gasteiger partial charge in [0, 0.05) is 9.26 Å². The zero-order valence-corrected chi connectivity index (χ0v) is 8.93. The number of amides is 1. The standard InChI is InChI=1S/C7H6INO2.ClH/c8-5-2-1-3-6(4-5)9-7(10)11;/h1-4,9H,(H,10,11);1H. The Hall–Kier alpha value is -0.490. The average Bonchev–Trinajstić information content (AvgIpc) is 1.85. The lowest BCUT2D eigenvalue weighted by molar-refractivity contribution is 0.210. The highest BCUT2D eigenvalue weighted by Gasteiger charge is 1.96. The normalized spacial score (nSPS) is 8.42. The molecule has 0 spiro atoms. The van der Waals surface area contributed by atoms with E-state index in [1.54, 1.807) is 18.2 Å². The Bertz CT molecular complexity index is 280. The van der Waals surface area contributed by atoms with Crippen molar-refractivity contribution in [3.05, 3.63) is 27.8 Å². The fourth-order valence-electron chi connectivity index (χ4n) is 0.690. The number of benzene rings is 1. The second-order valence-electron chi connectivity index (χ2n) is 1.94. The van der Waals surface area contributed by atoms with Gasteiger partial charge in [-0.1, -0.05) is 6.07 Å². The van der Waals surface area contributed by atoms with Crippen LogP contribution in [0.15, 0.2) is 24.3 Å². The minimum absolute atomic E-state index is 0. The molecular formula is C7H7ClINO2. The molecule has 0 aromatic heterocycles. The summed E-state index contributed by atoms with van der Waals surface area (Å²) in [5.74, 6) is 0. The number of nitrogens with one attached hydrogen (secondary N) is 1. The SMILES string of the molecule is Cl.O=C(O)Nc1cccc(I)c1. The van der Waals surface area contributed by atoms with Gasteiger partial charge in [0.25, 0.3) is 0 Å². The number of anilines is 1. The summed E-state index contributed by atoms with van der Waals surface area (Å²) < 4.78 is 1.01. The Morgan fingerprint density at radius 3 is 2.67 bits per heavy atom. The van der Waals surface area contributed by atoms with Gasteiger partial charge >= 0.3 is 6.09 Å². The second kappa shape index (κ2) is 5.21. The van der Waals surface area contributed by atoms with E-state index < -0.39 is 6.09 Å². The summed E-state index contributed by atoms with van der Waals surface area (Å²) in [6, 6.07) is 7.16. The fraction of sp³-hybridized carbons (Fsp3) is 0. The van der Waals surface area contributed by atoms with E-state index in [4.69, 9.17) is 5.11 Å². The summed E-state index contributed by atoms with van der Waals surface area (Å²) in [7, 11) is 0. The van der Waals surface area contributed by atoms with Gasteiger partial charge in [0.1, 0.15) is 0 Å². The molecule has 0 aliphatic heterocycles. The molecule has 2 N–H and O–H groups in total. The van der Waals surface area contributed by atoms with Gasteiger partial charge in [0.2, 0.25) is 0 Å². The number of hydrogen-bond acceptors (Lipinski definition) is 1. The molecule has 12 heavy (non-hydrogen) atoms. The van der Waals surface area contributed by atoms with Crippen LogP contribution < -0.4 is 5.32 Å². The predicted molar refractivity (Wildman–Crippen MR) is 58.1 cm³/mol. The van der Waals surface area contributed by atoms with E-state index in [-0.39, 0.29) is 12.4 Å². The molecule has 66 valence electrons. The molecular weight excluding hydrogens is 292 g/mol. The van der Waals surface area contributed by atoms with Crippen molar-refractivity contribution in [2.45, 2.75) is 0 Å². The lowest BCUT2D eigenvalue weighted by Gasteiger charge is -1.99. The lowest BCUT2D eigenvalue weighted by Crippen LogP contribution is -2.06. The Morgan fingerprint density at radius 2 is 2.17 bits per heavy atom. The lowest BCUT2D eigenvalue weighted by atomic mass is 10.3. The summed E-state index contributed by atoms with van der Waals surface area (Å²) in [4.78, 5) is 10.2. The van der Waals surface area contributed by atoms with Crippen molar-refractivity contribution < 1.29 is 9.90 Å². The van der Waals surface area contributed by atoms with Gasteiger partial charge < -0.3 is 5.11 Å². The fourth-order valence-corrected chi connectivity index (χ4v) is 1.23. The Kier molecular flexibility index (Phi) is 5.00. The van der Waals surface area contributed by atoms with Crippen LogP contribution in [0, 0.1) is 3.57 Å². The summed E-state index contributed by atoms with van der Waals surface area (Å²) in [5.41, 5.74) is 0.601. The molecule has 0 heterocycles. The van der Waals surface area contributed by atoms with Gasteiger partial charge in [-0.3, -0.25) is 5.32 Å². The largest absolute Gasteiger partial charge is 0.465 e. The van der Waals surface area contributed by atoms with E-state index in [0.29, 0.717) is 5.69 Å². The van der Waals surface area contributed by atoms with Crippen molar-refractivity contribution in [3.63, 3.8) is 0 Å². The van der Waals surface area contributed by atoms with Crippen LogP contribution in [-0.4, -0.2) is 11.2 Å². The minimum atomic E-state index is -1.04. The number of carboxylic acid groups (broad SMARTS) is 1. The van der Waals surface area contributed by atoms with E-state index in [0.717, 1.165) is 3.57 Å². The van der Waals surface area contributed by atoms with Crippen LogP contribution in [0.25, 0.3) is 0 Å². The summed E-state index contributed by atoms with van der Waals surface area (Å²) in [6.45, 7) is 0. The van der Waals surface area contributed by atoms with Crippen molar-refractivity contribution in [3.8, 4) is 0 Å². The zero-order valence-electron chi connectivity index (χ0n) is 5.95. The Morgan fingerprint density at radius 1 is 1.50 bits per heavy atom. The van der Waals surface area contributed by atoms with Crippen molar-refractivity contribution in [1.82, 2.24) is 0 Å². The van der Waals surface area contributed by atoms with Gasteiger partial charge in [-0.2, -0.15) is 0 Å². The van der Waals surface area contributed by atoms with Crippen LogP contribution in [0.5, 0.6) is 0 Å². The van der Waals surface area contributed by atoms with Crippen LogP contribution in [-0.2, 0) is 0 Å². The van der Waals surface area contributed by atoms with E-state index in [2.05, 4.69) is 27.9 Å². The summed E-state index contributed by atoms with van der Waals surface area (Å²) in [6.07, 6.45) is -1.04. The van der Waals surface area contributed by atoms with Crippen LogP contribution in [0.2, 0.25) is 0 Å². The molecule has 0 aliphatic carbocycles. The highest BCUT2D eigenvalue weighted by atomic mass is 127. The van der Waals surface area contributed by atoms with Gasteiger partial charge in [0.15, 0.2) is 0 Å². The third-order valence-corrected chi connectivity index (χ3v) is 1.75. The molecule has 0 atom stereocenters. The maximum atomic E-state index is 10.2. The average molecular weight is 299 g/mol. The molecule has 0 unspecified atom stereocenters. The van der Waals surface area contributed by atoms with Crippen LogP contribution in [0.4, 0.5) is 10.5 Å². The minimum Gasteiger partial charge on any atom is -0.465 e. The quantitative estimate of drug-likeness (QED) is 0.783. The Labute approximate surface area is 89.7 Å². The molecule has 1 aromatic rings. The predicted octanol–water partition coefficient (Wildman–Crippen LogP) is 2.80. The maximum Gasteiger partial charge on any atom is 0.409 e. The maximum absolute atomic E-state index is 10.2. The number of rotatable bonds is 1. The molecule has 1 rings (SSSR count). The molecule has 0 saturated carbocycles. The van der Waals surface area contributed by atoms with Gasteiger partial charge in [-0.05, 0) is 40.8 Å². The van der Waals surface area contributed by atoms with Crippen molar-refractivity contribution in [2.75, 3.05) is 5.32 Å². The Balaban J connectivity index is 0.00000121. The molecule has 3 nitrogen and oxygen atoms in total. The van der Waals surface area contributed by atoms with E-state index in [1.165, 1.54) is 0 Å². The zero-order chi connectivity index (χ0) is 8.27. The summed E-state index contributed by atoms with van der Waals surface area (Å²) >= 11 is 2.12. The monoisotopic (exact) mass is 299 g/mol. The second-order valence-corrected chi connectivity index (χ2v) is 3.19. The van der Waals surface area contributed by atoms with E-state index >= 15 is 0 Å². The smallest absolute Gasteiger partial charge is 0.409 e. The topological polar surface area (TPSA) is 49.3 Å². The summed E-state index contributed by atoms with van der Waals surface area (Å²) in [5, 5.41) is 10.6. The first-order valence-corrected chi connectivity index (χ1v) is 4.02. The van der Waals surface area contributed by atoms with Crippen LogP contribution >= 0.6 is 35.0 Å². The van der Waals surface area contributed by atoms with E-state index in [9.17, 15) is 4.79 Å². The molecule has 0 fully saturated rings. The van der Waals surface area contributed by atoms with Gasteiger partial charge in [-0.25, -0.2) is 4.79 Å². The molecule has 0 radical (unpaired) electrons. The molecule has 1 amide bonds. The number of halogens is 2. The van der Waals surface area contributed by atoms with Crippen LogP contribution in [0.1, 0.15) is 0 Å². The van der Waals surface area contributed by atoms with Crippen molar-refractivity contribution in [2.24, 2.45) is 0 Å². The first kappa shape index (κ1) is 11.5. The highest BCUT2D eigenvalue weighted by molar-refractivity contribution is 14.1. The molecule has 0 bridgehead atoms. The van der Waals surface area contributed by atoms with Gasteiger partial charge in [-0.15, -0.1) is 12.4 Å². The van der Waals surface area contributed by atoms with Crippen LogP contribution in [0.3, 0.4) is 0 Å².